The molecule has 0 spiro atoms. The lowest BCUT2D eigenvalue weighted by molar-refractivity contribution is 0.490. The van der Waals surface area contributed by atoms with Gasteiger partial charge in [0.2, 0.25) is 0 Å². The van der Waals surface area contributed by atoms with Crippen LogP contribution in [-0.4, -0.2) is 27.3 Å². The first-order chi connectivity index (χ1) is 9.70. The average molecular weight is 284 g/mol. The van der Waals surface area contributed by atoms with Crippen molar-refractivity contribution >= 4 is 22.7 Å². The van der Waals surface area contributed by atoms with Crippen LogP contribution in [0.15, 0.2) is 35.6 Å². The van der Waals surface area contributed by atoms with Crippen LogP contribution < -0.4 is 5.32 Å². The van der Waals surface area contributed by atoms with Crippen LogP contribution in [0.3, 0.4) is 0 Å². The Bertz CT molecular complexity index is 657. The van der Waals surface area contributed by atoms with Crippen LogP contribution in [0.2, 0.25) is 0 Å². The van der Waals surface area contributed by atoms with Crippen molar-refractivity contribution in [2.24, 2.45) is 0 Å². The Hall–Kier alpha value is -1.64. The van der Waals surface area contributed by atoms with Crippen LogP contribution in [0.25, 0.3) is 10.9 Å². The van der Waals surface area contributed by atoms with E-state index in [0.717, 1.165) is 15.9 Å². The minimum Gasteiger partial charge on any atom is -0.296 e. The molecule has 0 saturated heterocycles. The van der Waals surface area contributed by atoms with E-state index in [1.807, 2.05) is 31.2 Å². The number of aromatic nitrogens is 2. The van der Waals surface area contributed by atoms with Gasteiger partial charge in [-0.2, -0.15) is 5.26 Å². The van der Waals surface area contributed by atoms with E-state index >= 15 is 0 Å². The van der Waals surface area contributed by atoms with Gasteiger partial charge in [-0.15, -0.1) is 11.8 Å². The molecule has 4 nitrogen and oxygen atoms in total. The standard InChI is InChI=1S/C15H16N4S/c1-15(8-16,19-11-6-7-11)9-20-14-12-4-2-3-5-13(12)17-10-18-14/h2-5,10-11,19H,6-7,9H2,1H3. The van der Waals surface area contributed by atoms with Crippen molar-refractivity contribution < 1.29 is 0 Å². The first-order valence-corrected chi connectivity index (χ1v) is 7.70. The summed E-state index contributed by atoms with van der Waals surface area (Å²) >= 11 is 1.62. The average Bonchev–Trinajstić information content (AvgIpc) is 3.29. The predicted molar refractivity (Wildman–Crippen MR) is 80.4 cm³/mol. The molecule has 1 N–H and O–H groups in total. The Morgan fingerprint density at radius 3 is 2.95 bits per heavy atom. The van der Waals surface area contributed by atoms with Crippen molar-refractivity contribution in [2.45, 2.75) is 36.4 Å². The van der Waals surface area contributed by atoms with Crippen molar-refractivity contribution in [3.8, 4) is 6.07 Å². The van der Waals surface area contributed by atoms with Crippen molar-refractivity contribution in [3.63, 3.8) is 0 Å². The van der Waals surface area contributed by atoms with E-state index in [0.29, 0.717) is 11.8 Å². The number of rotatable bonds is 5. The fourth-order valence-electron chi connectivity index (χ4n) is 2.09. The Balaban J connectivity index is 1.77. The third-order valence-electron chi connectivity index (χ3n) is 3.35. The van der Waals surface area contributed by atoms with Crippen LogP contribution >= 0.6 is 11.8 Å². The van der Waals surface area contributed by atoms with Gasteiger partial charge in [-0.3, -0.25) is 5.32 Å². The molecule has 0 bridgehead atoms. The number of hydrogen-bond acceptors (Lipinski definition) is 5. The summed E-state index contributed by atoms with van der Waals surface area (Å²) < 4.78 is 0. The highest BCUT2D eigenvalue weighted by molar-refractivity contribution is 7.99. The van der Waals surface area contributed by atoms with Crippen molar-refractivity contribution in [3.05, 3.63) is 30.6 Å². The first-order valence-electron chi connectivity index (χ1n) is 6.72. The van der Waals surface area contributed by atoms with Gasteiger partial charge in [-0.1, -0.05) is 18.2 Å². The summed E-state index contributed by atoms with van der Waals surface area (Å²) in [6.07, 6.45) is 3.94. The lowest BCUT2D eigenvalue weighted by Gasteiger charge is -2.22. The van der Waals surface area contributed by atoms with Gasteiger partial charge in [0.05, 0.1) is 11.6 Å². The molecule has 2 aromatic rings. The van der Waals surface area contributed by atoms with Crippen LogP contribution in [0, 0.1) is 11.3 Å². The van der Waals surface area contributed by atoms with Crippen LogP contribution in [-0.2, 0) is 0 Å². The number of fused-ring (bicyclic) bond motifs is 1. The molecule has 1 unspecified atom stereocenters. The van der Waals surface area contributed by atoms with Gasteiger partial charge < -0.3 is 0 Å². The van der Waals surface area contributed by atoms with E-state index < -0.39 is 5.54 Å². The summed E-state index contributed by atoms with van der Waals surface area (Å²) in [5.41, 5.74) is 0.441. The summed E-state index contributed by atoms with van der Waals surface area (Å²) in [6.45, 7) is 1.96. The highest BCUT2D eigenvalue weighted by atomic mass is 32.2. The number of benzene rings is 1. The van der Waals surface area contributed by atoms with Crippen molar-refractivity contribution in [1.29, 1.82) is 5.26 Å². The monoisotopic (exact) mass is 284 g/mol. The maximum absolute atomic E-state index is 9.39. The molecule has 0 radical (unpaired) electrons. The van der Waals surface area contributed by atoms with E-state index in [-0.39, 0.29) is 0 Å². The summed E-state index contributed by atoms with van der Waals surface area (Å²) in [5.74, 6) is 0.682. The van der Waals surface area contributed by atoms with Crippen molar-refractivity contribution in [1.82, 2.24) is 15.3 Å². The Labute approximate surface area is 122 Å². The third-order valence-corrected chi connectivity index (χ3v) is 4.67. The highest BCUT2D eigenvalue weighted by Crippen LogP contribution is 2.29. The lowest BCUT2D eigenvalue weighted by atomic mass is 10.1. The van der Waals surface area contributed by atoms with Crippen LogP contribution in [0.4, 0.5) is 0 Å². The molecule has 1 aromatic heterocycles. The molecule has 3 rings (SSSR count). The molecule has 1 aliphatic rings. The molecule has 1 aliphatic carbocycles. The molecule has 0 amide bonds. The number of para-hydroxylation sites is 1. The van der Waals surface area contributed by atoms with E-state index in [2.05, 4.69) is 21.4 Å². The zero-order valence-electron chi connectivity index (χ0n) is 11.3. The molecule has 0 aliphatic heterocycles. The van der Waals surface area contributed by atoms with Gasteiger partial charge in [-0.25, -0.2) is 9.97 Å². The normalized spacial score (nSPS) is 17.6. The quantitative estimate of drug-likeness (QED) is 0.675. The van der Waals surface area contributed by atoms with Gasteiger partial charge in [0, 0.05) is 17.2 Å². The van der Waals surface area contributed by atoms with Crippen molar-refractivity contribution in [2.75, 3.05) is 5.75 Å². The molecule has 1 heterocycles. The largest absolute Gasteiger partial charge is 0.296 e. The Kier molecular flexibility index (Phi) is 3.60. The number of nitriles is 1. The van der Waals surface area contributed by atoms with E-state index in [9.17, 15) is 5.26 Å². The fraction of sp³-hybridized carbons (Fsp3) is 0.400. The highest BCUT2D eigenvalue weighted by Gasteiger charge is 2.32. The Morgan fingerprint density at radius 2 is 2.20 bits per heavy atom. The summed E-state index contributed by atoms with van der Waals surface area (Å²) in [7, 11) is 0. The van der Waals surface area contributed by atoms with E-state index in [1.165, 1.54) is 12.8 Å². The van der Waals surface area contributed by atoms with Gasteiger partial charge in [0.15, 0.2) is 0 Å². The molecular weight excluding hydrogens is 268 g/mol. The molecule has 1 saturated carbocycles. The topological polar surface area (TPSA) is 61.6 Å². The summed E-state index contributed by atoms with van der Waals surface area (Å²) in [5, 5.41) is 14.8. The minimum absolute atomic E-state index is 0.502. The second kappa shape index (κ2) is 5.39. The van der Waals surface area contributed by atoms with Crippen LogP contribution in [0.1, 0.15) is 19.8 Å². The SMILES string of the molecule is CC(C#N)(CSc1ncnc2ccccc12)NC1CC1. The van der Waals surface area contributed by atoms with Gasteiger partial charge in [-0.05, 0) is 25.8 Å². The molecule has 5 heteroatoms. The molecule has 102 valence electrons. The Morgan fingerprint density at radius 1 is 1.40 bits per heavy atom. The minimum atomic E-state index is -0.502. The van der Waals surface area contributed by atoms with Gasteiger partial charge in [0.1, 0.15) is 16.9 Å². The lowest BCUT2D eigenvalue weighted by Crippen LogP contribution is -2.44. The smallest absolute Gasteiger partial charge is 0.117 e. The molecular formula is C15H16N4S. The number of thioether (sulfide) groups is 1. The van der Waals surface area contributed by atoms with Gasteiger partial charge in [0.25, 0.3) is 0 Å². The number of nitrogens with zero attached hydrogens (tertiary/aromatic N) is 3. The molecule has 1 fully saturated rings. The van der Waals surface area contributed by atoms with Gasteiger partial charge >= 0.3 is 0 Å². The fourth-order valence-corrected chi connectivity index (χ4v) is 3.12. The zero-order chi connectivity index (χ0) is 14.0. The summed E-state index contributed by atoms with van der Waals surface area (Å²) in [6, 6.07) is 10.9. The van der Waals surface area contributed by atoms with E-state index in [1.54, 1.807) is 18.1 Å². The predicted octanol–water partition coefficient (Wildman–Crippen LogP) is 2.76. The summed E-state index contributed by atoms with van der Waals surface area (Å²) in [4.78, 5) is 8.61. The zero-order valence-corrected chi connectivity index (χ0v) is 12.2. The molecule has 20 heavy (non-hydrogen) atoms. The number of hydrogen-bond donors (Lipinski definition) is 1. The first kappa shape index (κ1) is 13.3. The maximum atomic E-state index is 9.39. The molecule has 1 atom stereocenters. The maximum Gasteiger partial charge on any atom is 0.117 e. The second-order valence-corrected chi connectivity index (χ2v) is 6.31. The number of nitrogens with one attached hydrogen (secondary N) is 1. The molecule has 1 aromatic carbocycles. The second-order valence-electron chi connectivity index (χ2n) is 5.35. The third kappa shape index (κ3) is 2.92. The van der Waals surface area contributed by atoms with E-state index in [4.69, 9.17) is 0 Å². The van der Waals surface area contributed by atoms with Crippen LogP contribution in [0.5, 0.6) is 0 Å².